The fourth-order valence-corrected chi connectivity index (χ4v) is 12.1. The Labute approximate surface area is 482 Å². The van der Waals surface area contributed by atoms with Crippen molar-refractivity contribution in [2.24, 2.45) is 17.8 Å². The van der Waals surface area contributed by atoms with Crippen molar-refractivity contribution in [2.75, 3.05) is 151 Å². The van der Waals surface area contributed by atoms with Crippen molar-refractivity contribution < 1.29 is 60.6 Å². The van der Waals surface area contributed by atoms with Crippen LogP contribution in [0.25, 0.3) is 21.3 Å². The van der Waals surface area contributed by atoms with E-state index in [0.29, 0.717) is 167 Å². The molecule has 1 aliphatic carbocycles. The molecule has 3 fully saturated rings. The predicted molar refractivity (Wildman–Crippen MR) is 309 cm³/mol. The second-order valence-corrected chi connectivity index (χ2v) is 24.1. The number of sulfone groups is 1. The van der Waals surface area contributed by atoms with Gasteiger partial charge in [0.2, 0.25) is 26.8 Å². The molecular weight excluding hydrogens is 1080 g/mol. The maximum Gasteiger partial charge on any atom is 0.246 e. The van der Waals surface area contributed by atoms with E-state index < -0.39 is 9.84 Å². The van der Waals surface area contributed by atoms with Gasteiger partial charge in [0.15, 0.2) is 5.82 Å². The van der Waals surface area contributed by atoms with Crippen LogP contribution in [0, 0.1) is 29.6 Å². The van der Waals surface area contributed by atoms with E-state index in [1.807, 2.05) is 11.3 Å². The molecule has 21 nitrogen and oxygen atoms in total. The molecule has 4 aromatic heterocycles. The number of carbonyl (C=O) groups is 2. The zero-order valence-electron chi connectivity index (χ0n) is 47.9. The van der Waals surface area contributed by atoms with Gasteiger partial charge in [0.05, 0.1) is 120 Å². The van der Waals surface area contributed by atoms with Crippen molar-refractivity contribution in [3.05, 3.63) is 34.7 Å². The highest BCUT2D eigenvalue weighted by Crippen LogP contribution is 2.41. The van der Waals surface area contributed by atoms with Gasteiger partial charge in [-0.15, -0.1) is 11.3 Å². The van der Waals surface area contributed by atoms with E-state index in [4.69, 9.17) is 58.3 Å². The van der Waals surface area contributed by atoms with E-state index >= 15 is 0 Å². The molecule has 0 radical (unpaired) electrons. The van der Waals surface area contributed by atoms with Gasteiger partial charge >= 0.3 is 0 Å². The summed E-state index contributed by atoms with van der Waals surface area (Å²) in [6.07, 6.45) is 16.3. The third kappa shape index (κ3) is 21.9. The monoisotopic (exact) mass is 1170 g/mol. The number of fused-ring (bicyclic) bond motifs is 3. The van der Waals surface area contributed by atoms with Crippen LogP contribution < -0.4 is 11.1 Å². The molecule has 7 rings (SSSR count). The van der Waals surface area contributed by atoms with Crippen LogP contribution in [0.15, 0.2) is 23.6 Å². The Hall–Kier alpha value is -4.45. The van der Waals surface area contributed by atoms with Crippen LogP contribution in [-0.2, 0) is 75.0 Å². The van der Waals surface area contributed by atoms with Crippen LogP contribution in [0.5, 0.6) is 0 Å². The highest BCUT2D eigenvalue weighted by atomic mass is 32.2. The molecule has 23 heteroatoms. The van der Waals surface area contributed by atoms with Gasteiger partial charge in [-0.25, -0.2) is 28.4 Å². The summed E-state index contributed by atoms with van der Waals surface area (Å²) < 4.78 is 77.2. The fourth-order valence-electron chi connectivity index (χ4n) is 10.3. The van der Waals surface area contributed by atoms with Gasteiger partial charge in [-0.05, 0) is 88.0 Å². The first-order valence-electron chi connectivity index (χ1n) is 29.4. The maximum absolute atomic E-state index is 13.7. The number of pyridine rings is 1. The number of aromatic nitrogens is 5. The number of nitrogen functional groups attached to an aromatic ring is 1. The number of aryl methyl sites for hydroxylation is 1. The standard InChI is InChI=1S/C58H88N8O13S2/c1-3-4-9-51-64-53-54(66(51)42-44-17-22-71-23-18-44)55-49(63-56(53)59)39-50(80-55)47-15-20-65(21-16-47)57(68)48-13-11-45(12-14-48)43-79-38-37-78-36-35-77-34-33-76-32-31-75-30-29-74-28-27-73-26-25-72-24-19-60-52(67)10-7-5-6-8-46-40-61-58(62-41-46)81(2,69)70/h39-41,44-45,47-48H,3-5,7,9-38,42-43H2,1-2H3,(H2,59,63)(H,60,67). The molecule has 0 spiro atoms. The van der Waals surface area contributed by atoms with Crippen LogP contribution >= 0.6 is 11.3 Å². The number of thiophene rings is 1. The fraction of sp³-hybridized carbons (Fsp3) is 0.724. The van der Waals surface area contributed by atoms with Gasteiger partial charge in [-0.3, -0.25) is 9.59 Å². The van der Waals surface area contributed by atoms with E-state index in [-0.39, 0.29) is 17.0 Å². The SMILES string of the molecule is CCCCc1nc2c(N)nc3cc(C4CCN(C(=O)C5CCC(COCCOCCOCCOCCOCCOCCOCCOCCNC(=O)CCCC#Cc6cnc(S(C)(=O)=O)nc6)CC5)CC4)sc3c2n1CC1CCOCC1. The van der Waals surface area contributed by atoms with Gasteiger partial charge in [0.1, 0.15) is 11.3 Å². The Bertz CT molecular complexity index is 2660. The predicted octanol–water partition coefficient (Wildman–Crippen LogP) is 6.17. The normalized spacial score (nSPS) is 17.5. The summed E-state index contributed by atoms with van der Waals surface area (Å²) >= 11 is 1.86. The summed E-state index contributed by atoms with van der Waals surface area (Å²) in [5.41, 5.74) is 10.1. The van der Waals surface area contributed by atoms with Crippen molar-refractivity contribution in [3.63, 3.8) is 0 Å². The van der Waals surface area contributed by atoms with Crippen LogP contribution in [0.3, 0.4) is 0 Å². The lowest BCUT2D eigenvalue weighted by molar-refractivity contribution is -0.138. The number of imidazole rings is 1. The number of hydrogen-bond donors (Lipinski definition) is 2. The lowest BCUT2D eigenvalue weighted by Gasteiger charge is -2.36. The van der Waals surface area contributed by atoms with Gasteiger partial charge in [0, 0.05) is 94.7 Å². The van der Waals surface area contributed by atoms with Crippen molar-refractivity contribution >= 4 is 60.1 Å². The van der Waals surface area contributed by atoms with E-state index in [1.165, 1.54) is 22.0 Å². The molecular formula is C58H88N8O13S2. The average Bonchev–Trinajstić information content (AvgIpc) is 3.20. The minimum absolute atomic E-state index is 0.0777. The smallest absolute Gasteiger partial charge is 0.246 e. The third-order valence-electron chi connectivity index (χ3n) is 14.8. The molecule has 3 aliphatic rings. The molecule has 2 saturated heterocycles. The minimum Gasteiger partial charge on any atom is -0.382 e. The molecule has 4 aromatic rings. The first-order valence-corrected chi connectivity index (χ1v) is 32.1. The number of piperidine rings is 1. The van der Waals surface area contributed by atoms with Crippen molar-refractivity contribution in [1.82, 2.24) is 34.7 Å². The van der Waals surface area contributed by atoms with Gasteiger partial charge < -0.3 is 63.1 Å². The number of anilines is 1. The van der Waals surface area contributed by atoms with E-state index in [1.54, 1.807) is 0 Å². The quantitative estimate of drug-likeness (QED) is 0.0291. The molecule has 3 N–H and O–H groups in total. The second-order valence-electron chi connectivity index (χ2n) is 21.1. The lowest BCUT2D eigenvalue weighted by atomic mass is 9.81. The van der Waals surface area contributed by atoms with E-state index in [9.17, 15) is 18.0 Å². The second kappa shape index (κ2) is 35.6. The minimum atomic E-state index is -3.45. The first kappa shape index (κ1) is 64.1. The molecule has 0 unspecified atom stereocenters. The van der Waals surface area contributed by atoms with Crippen molar-refractivity contribution in [3.8, 4) is 11.8 Å². The molecule has 0 bridgehead atoms. The molecule has 2 amide bonds. The largest absolute Gasteiger partial charge is 0.382 e. The van der Waals surface area contributed by atoms with Crippen molar-refractivity contribution in [2.45, 2.75) is 114 Å². The average molecular weight is 1170 g/mol. The van der Waals surface area contributed by atoms with E-state index in [0.717, 1.165) is 132 Å². The van der Waals surface area contributed by atoms with Gasteiger partial charge in [0.25, 0.3) is 0 Å². The third-order valence-corrected chi connectivity index (χ3v) is 17.0. The van der Waals surface area contributed by atoms with Crippen LogP contribution in [0.4, 0.5) is 5.82 Å². The topological polar surface area (TPSA) is 249 Å². The van der Waals surface area contributed by atoms with Gasteiger partial charge in [-0.1, -0.05) is 25.2 Å². The summed E-state index contributed by atoms with van der Waals surface area (Å²) in [5.74, 6) is 9.25. The lowest BCUT2D eigenvalue weighted by Crippen LogP contribution is -2.42. The number of hydrogen-bond acceptors (Lipinski definition) is 19. The highest BCUT2D eigenvalue weighted by molar-refractivity contribution is 7.90. The maximum atomic E-state index is 13.7. The number of rotatable bonds is 37. The van der Waals surface area contributed by atoms with Crippen molar-refractivity contribution in [1.29, 1.82) is 0 Å². The molecule has 81 heavy (non-hydrogen) atoms. The summed E-state index contributed by atoms with van der Waals surface area (Å²) in [5, 5.41) is 2.57. The Kier molecular flexibility index (Phi) is 28.2. The number of amides is 2. The molecule has 0 aromatic carbocycles. The Morgan fingerprint density at radius 1 is 0.753 bits per heavy atom. The number of ether oxygens (including phenoxy) is 9. The highest BCUT2D eigenvalue weighted by Gasteiger charge is 2.33. The molecule has 0 atom stereocenters. The number of unbranched alkanes of at least 4 members (excludes halogenated alkanes) is 2. The molecule has 6 heterocycles. The van der Waals surface area contributed by atoms with Crippen LogP contribution in [0.1, 0.15) is 113 Å². The summed E-state index contributed by atoms with van der Waals surface area (Å²) in [4.78, 5) is 46.8. The summed E-state index contributed by atoms with van der Waals surface area (Å²) in [7, 11) is -3.45. The molecule has 450 valence electrons. The number of nitrogens with one attached hydrogen (secondary N) is 1. The van der Waals surface area contributed by atoms with Crippen LogP contribution in [0.2, 0.25) is 0 Å². The zero-order valence-corrected chi connectivity index (χ0v) is 49.5. The number of carbonyl (C=O) groups excluding carboxylic acids is 2. The number of nitrogens with two attached hydrogens (primary N) is 1. The van der Waals surface area contributed by atoms with Crippen LogP contribution in [-0.4, -0.2) is 194 Å². The zero-order chi connectivity index (χ0) is 56.9. The molecule has 1 saturated carbocycles. The number of likely N-dealkylation sites (tertiary alicyclic amines) is 1. The number of nitrogens with zero attached hydrogens (tertiary/aromatic N) is 6. The molecule has 2 aliphatic heterocycles. The van der Waals surface area contributed by atoms with Gasteiger partial charge in [-0.2, -0.15) is 0 Å². The summed E-state index contributed by atoms with van der Waals surface area (Å²) in [6.45, 7) is 14.5. The first-order chi connectivity index (χ1) is 39.6. The Morgan fingerprint density at radius 3 is 1.91 bits per heavy atom. The Balaban J connectivity index is 0.608. The van der Waals surface area contributed by atoms with E-state index in [2.05, 4.69) is 49.6 Å². The Morgan fingerprint density at radius 2 is 1.33 bits per heavy atom. The summed E-state index contributed by atoms with van der Waals surface area (Å²) in [6, 6.07) is 2.26.